The van der Waals surface area contributed by atoms with Gasteiger partial charge in [0.15, 0.2) is 0 Å². The molecule has 0 radical (unpaired) electrons. The fourth-order valence-corrected chi connectivity index (χ4v) is 1.61. The van der Waals surface area contributed by atoms with E-state index >= 15 is 0 Å². The Kier molecular flexibility index (Phi) is 4.93. The molecule has 0 N–H and O–H groups in total. The first-order chi connectivity index (χ1) is 10.2. The molecule has 2 aromatic carbocycles. The lowest BCUT2D eigenvalue weighted by Crippen LogP contribution is -2.15. The fourth-order valence-electron chi connectivity index (χ4n) is 1.61. The van der Waals surface area contributed by atoms with E-state index in [4.69, 9.17) is 9.47 Å². The summed E-state index contributed by atoms with van der Waals surface area (Å²) in [5, 5.41) is 0. The van der Waals surface area contributed by atoms with Crippen molar-refractivity contribution in [3.8, 4) is 11.5 Å². The highest BCUT2D eigenvalue weighted by atomic mass is 16.7. The first-order valence-corrected chi connectivity index (χ1v) is 6.41. The minimum atomic E-state index is -0.863. The lowest BCUT2D eigenvalue weighted by atomic mass is 10.2. The third-order valence-electron chi connectivity index (χ3n) is 2.52. The molecule has 0 atom stereocenters. The molecule has 0 aliphatic carbocycles. The van der Waals surface area contributed by atoms with E-state index in [2.05, 4.69) is 4.74 Å². The van der Waals surface area contributed by atoms with Crippen LogP contribution in [0.4, 0.5) is 4.79 Å². The molecule has 0 amide bonds. The van der Waals surface area contributed by atoms with Gasteiger partial charge in [0, 0.05) is 0 Å². The van der Waals surface area contributed by atoms with Crippen LogP contribution in [0, 0.1) is 0 Å². The van der Waals surface area contributed by atoms with E-state index in [-0.39, 0.29) is 17.9 Å². The number of benzene rings is 2. The number of carbonyl (C=O) groups excluding carboxylic acids is 2. The highest BCUT2D eigenvalue weighted by molar-refractivity contribution is 5.94. The van der Waals surface area contributed by atoms with Crippen molar-refractivity contribution in [1.29, 1.82) is 0 Å². The summed E-state index contributed by atoms with van der Waals surface area (Å²) in [6, 6.07) is 15.0. The molecule has 21 heavy (non-hydrogen) atoms. The number of hydrogen-bond donors (Lipinski definition) is 0. The van der Waals surface area contributed by atoms with E-state index in [0.717, 1.165) is 0 Å². The number of ether oxygens (including phenoxy) is 3. The standard InChI is InChI=1S/C16H14O5/c1-2-19-16(18)21-14-11-7-6-10-13(14)15(17)20-12-8-4-3-5-9-12/h3-11H,2H2,1H3. The normalized spacial score (nSPS) is 9.76. The predicted molar refractivity (Wildman–Crippen MR) is 75.5 cm³/mol. The summed E-state index contributed by atoms with van der Waals surface area (Å²) in [7, 11) is 0. The Hall–Kier alpha value is -2.82. The van der Waals surface area contributed by atoms with Gasteiger partial charge in [0.2, 0.25) is 0 Å². The summed E-state index contributed by atoms with van der Waals surface area (Å²) < 4.78 is 14.9. The van der Waals surface area contributed by atoms with Crippen LogP contribution in [0.1, 0.15) is 17.3 Å². The Bertz CT molecular complexity index is 622. The zero-order valence-electron chi connectivity index (χ0n) is 11.4. The maximum Gasteiger partial charge on any atom is 0.513 e. The summed E-state index contributed by atoms with van der Waals surface area (Å²) in [6.45, 7) is 1.85. The topological polar surface area (TPSA) is 61.8 Å². The van der Waals surface area contributed by atoms with Gasteiger partial charge in [-0.05, 0) is 31.2 Å². The van der Waals surface area contributed by atoms with Gasteiger partial charge in [0.05, 0.1) is 6.61 Å². The van der Waals surface area contributed by atoms with Gasteiger partial charge in [-0.3, -0.25) is 0 Å². The smallest absolute Gasteiger partial charge is 0.434 e. The fraction of sp³-hybridized carbons (Fsp3) is 0.125. The SMILES string of the molecule is CCOC(=O)Oc1ccccc1C(=O)Oc1ccccc1. The second-order valence-corrected chi connectivity index (χ2v) is 3.98. The molecule has 2 aromatic rings. The Labute approximate surface area is 122 Å². The maximum atomic E-state index is 12.1. The molecule has 0 heterocycles. The van der Waals surface area contributed by atoms with Crippen molar-refractivity contribution in [2.24, 2.45) is 0 Å². The van der Waals surface area contributed by atoms with Crippen LogP contribution >= 0.6 is 0 Å². The Morgan fingerprint density at radius 3 is 2.29 bits per heavy atom. The van der Waals surface area contributed by atoms with Crippen molar-refractivity contribution in [2.45, 2.75) is 6.92 Å². The van der Waals surface area contributed by atoms with Crippen molar-refractivity contribution < 1.29 is 23.8 Å². The van der Waals surface area contributed by atoms with E-state index < -0.39 is 12.1 Å². The monoisotopic (exact) mass is 286 g/mol. The van der Waals surface area contributed by atoms with Crippen molar-refractivity contribution in [1.82, 2.24) is 0 Å². The van der Waals surface area contributed by atoms with Gasteiger partial charge in [-0.2, -0.15) is 0 Å². The molecule has 0 spiro atoms. The van der Waals surface area contributed by atoms with E-state index in [1.807, 2.05) is 6.07 Å². The van der Waals surface area contributed by atoms with Crippen molar-refractivity contribution in [3.05, 3.63) is 60.2 Å². The summed E-state index contributed by atoms with van der Waals surface area (Å²) in [4.78, 5) is 23.5. The average Bonchev–Trinajstić information content (AvgIpc) is 2.49. The van der Waals surface area contributed by atoms with Gasteiger partial charge in [-0.25, -0.2) is 9.59 Å². The van der Waals surface area contributed by atoms with Crippen LogP contribution < -0.4 is 9.47 Å². The molecule has 0 aliphatic heterocycles. The molecule has 0 aromatic heterocycles. The van der Waals surface area contributed by atoms with Crippen LogP contribution in [0.25, 0.3) is 0 Å². The molecular weight excluding hydrogens is 272 g/mol. The number of carbonyl (C=O) groups is 2. The first kappa shape index (κ1) is 14.6. The minimum absolute atomic E-state index is 0.0943. The van der Waals surface area contributed by atoms with E-state index in [0.29, 0.717) is 5.75 Å². The molecule has 0 saturated carbocycles. The van der Waals surface area contributed by atoms with Crippen molar-refractivity contribution in [3.63, 3.8) is 0 Å². The summed E-state index contributed by atoms with van der Waals surface area (Å²) in [5.41, 5.74) is 0.148. The van der Waals surface area contributed by atoms with Crippen LogP contribution in [0.15, 0.2) is 54.6 Å². The van der Waals surface area contributed by atoms with Gasteiger partial charge in [-0.15, -0.1) is 0 Å². The van der Waals surface area contributed by atoms with E-state index in [9.17, 15) is 9.59 Å². The zero-order chi connectivity index (χ0) is 15.1. The van der Waals surface area contributed by atoms with Gasteiger partial charge >= 0.3 is 12.1 Å². The third-order valence-corrected chi connectivity index (χ3v) is 2.52. The van der Waals surface area contributed by atoms with Gasteiger partial charge < -0.3 is 14.2 Å². The van der Waals surface area contributed by atoms with Gasteiger partial charge in [-0.1, -0.05) is 30.3 Å². The quantitative estimate of drug-likeness (QED) is 0.489. The maximum absolute atomic E-state index is 12.1. The van der Waals surface area contributed by atoms with Gasteiger partial charge in [0.1, 0.15) is 17.1 Å². The molecule has 0 unspecified atom stereocenters. The van der Waals surface area contributed by atoms with Gasteiger partial charge in [0.25, 0.3) is 0 Å². The number of esters is 1. The van der Waals surface area contributed by atoms with E-state index in [1.165, 1.54) is 12.1 Å². The minimum Gasteiger partial charge on any atom is -0.434 e. The highest BCUT2D eigenvalue weighted by Gasteiger charge is 2.17. The molecular formula is C16H14O5. The first-order valence-electron chi connectivity index (χ1n) is 6.41. The van der Waals surface area contributed by atoms with E-state index in [1.54, 1.807) is 43.3 Å². The average molecular weight is 286 g/mol. The number of rotatable bonds is 4. The second kappa shape index (κ2) is 7.09. The number of para-hydroxylation sites is 2. The molecule has 0 saturated heterocycles. The van der Waals surface area contributed by atoms with Crippen molar-refractivity contribution >= 4 is 12.1 Å². The molecule has 2 rings (SSSR count). The largest absolute Gasteiger partial charge is 0.513 e. The zero-order valence-corrected chi connectivity index (χ0v) is 11.4. The lowest BCUT2D eigenvalue weighted by Gasteiger charge is -2.09. The summed E-state index contributed by atoms with van der Waals surface area (Å²) in [6.07, 6.45) is -0.863. The molecule has 5 nitrogen and oxygen atoms in total. The summed E-state index contributed by atoms with van der Waals surface area (Å²) in [5.74, 6) is -0.105. The molecule has 108 valence electrons. The number of hydrogen-bond acceptors (Lipinski definition) is 5. The third kappa shape index (κ3) is 4.07. The highest BCUT2D eigenvalue weighted by Crippen LogP contribution is 2.21. The molecule has 0 fully saturated rings. The summed E-state index contributed by atoms with van der Waals surface area (Å²) >= 11 is 0. The molecule has 0 aliphatic rings. The van der Waals surface area contributed by atoms with Crippen LogP contribution in [-0.4, -0.2) is 18.7 Å². The van der Waals surface area contributed by atoms with Crippen LogP contribution in [0.2, 0.25) is 0 Å². The Morgan fingerprint density at radius 1 is 0.905 bits per heavy atom. The molecule has 0 bridgehead atoms. The van der Waals surface area contributed by atoms with Crippen LogP contribution in [0.5, 0.6) is 11.5 Å². The van der Waals surface area contributed by atoms with Crippen LogP contribution in [0.3, 0.4) is 0 Å². The second-order valence-electron chi connectivity index (χ2n) is 3.98. The Morgan fingerprint density at radius 2 is 1.57 bits per heavy atom. The Balaban J connectivity index is 2.15. The molecule has 5 heteroatoms. The predicted octanol–water partition coefficient (Wildman–Crippen LogP) is 3.44. The van der Waals surface area contributed by atoms with Crippen molar-refractivity contribution in [2.75, 3.05) is 6.61 Å². The van der Waals surface area contributed by atoms with Crippen LogP contribution in [-0.2, 0) is 4.74 Å². The lowest BCUT2D eigenvalue weighted by molar-refractivity contribution is 0.0728.